The maximum Gasteiger partial charge on any atom is 0.130 e. The first kappa shape index (κ1) is 20.4. The molecule has 0 aliphatic rings. The zero-order valence-corrected chi connectivity index (χ0v) is 11.2. The minimum Gasteiger partial charge on any atom is -1.00 e. The van der Waals surface area contributed by atoms with Crippen molar-refractivity contribution >= 4 is 5.97 Å². The van der Waals surface area contributed by atoms with E-state index in [0.717, 1.165) is 13.0 Å². The van der Waals surface area contributed by atoms with E-state index in [2.05, 4.69) is 6.92 Å². The second-order valence-electron chi connectivity index (χ2n) is 4.06. The third-order valence-corrected chi connectivity index (χ3v) is 2.24. The van der Waals surface area contributed by atoms with Crippen molar-refractivity contribution in [3.8, 4) is 0 Å². The second kappa shape index (κ2) is 10.5. The van der Waals surface area contributed by atoms with Crippen LogP contribution in [0.1, 0.15) is 46.5 Å². The van der Waals surface area contributed by atoms with Crippen molar-refractivity contribution in [1.82, 2.24) is 0 Å². The van der Waals surface area contributed by atoms with Crippen LogP contribution >= 0.6 is 0 Å². The van der Waals surface area contributed by atoms with Crippen LogP contribution in [0, 0.1) is 0 Å². The lowest BCUT2D eigenvalue weighted by atomic mass is 10.1. The summed E-state index contributed by atoms with van der Waals surface area (Å²) in [6.07, 6.45) is 4.73. The summed E-state index contributed by atoms with van der Waals surface area (Å²) in [5.41, 5.74) is -0.772. The molecular weight excluding hydrogens is 237 g/mol. The Hall–Kier alpha value is 0.01000. The van der Waals surface area contributed by atoms with Gasteiger partial charge < -0.3 is 40.0 Å². The van der Waals surface area contributed by atoms with Crippen molar-refractivity contribution in [3.05, 3.63) is 0 Å². The molecule has 0 unspecified atom stereocenters. The SMILES string of the molecule is CCCCCC[NH2+]C(C)(C)C(=O)[O-].[Cl-].[Cl-]. The van der Waals surface area contributed by atoms with Gasteiger partial charge in [-0.25, -0.2) is 0 Å². The van der Waals surface area contributed by atoms with Crippen LogP contribution in [0.3, 0.4) is 0 Å². The fraction of sp³-hybridized carbons (Fsp3) is 0.900. The molecule has 15 heavy (non-hydrogen) atoms. The standard InChI is InChI=1S/C10H21NO2.2ClH/c1-4-5-6-7-8-11-10(2,3)9(12)13;;/h11H,4-8H2,1-3H3,(H,12,13);2*1H/p-2. The van der Waals surface area contributed by atoms with Crippen molar-refractivity contribution in [2.24, 2.45) is 0 Å². The first-order valence-corrected chi connectivity index (χ1v) is 5.06. The molecule has 0 aliphatic carbocycles. The Kier molecular flexibility index (Phi) is 14.3. The number of quaternary nitrogens is 1. The summed E-state index contributed by atoms with van der Waals surface area (Å²) >= 11 is 0. The highest BCUT2D eigenvalue weighted by Crippen LogP contribution is 1.97. The summed E-state index contributed by atoms with van der Waals surface area (Å²) < 4.78 is 0. The molecule has 0 aliphatic heterocycles. The maximum atomic E-state index is 10.6. The number of carbonyl (C=O) groups is 1. The zero-order valence-electron chi connectivity index (χ0n) is 9.69. The van der Waals surface area contributed by atoms with E-state index in [4.69, 9.17) is 0 Å². The molecule has 0 bridgehead atoms. The number of carboxylic acids is 1. The molecule has 0 radical (unpaired) electrons. The van der Waals surface area contributed by atoms with Crippen molar-refractivity contribution in [2.45, 2.75) is 52.0 Å². The quantitative estimate of drug-likeness (QED) is 0.462. The highest BCUT2D eigenvalue weighted by Gasteiger charge is 2.21. The summed E-state index contributed by atoms with van der Waals surface area (Å²) in [7, 11) is 0. The summed E-state index contributed by atoms with van der Waals surface area (Å²) in [5, 5.41) is 12.4. The molecule has 94 valence electrons. The van der Waals surface area contributed by atoms with Gasteiger partial charge in [0.15, 0.2) is 0 Å². The Morgan fingerprint density at radius 2 is 1.73 bits per heavy atom. The molecule has 0 fully saturated rings. The smallest absolute Gasteiger partial charge is 0.130 e. The lowest BCUT2D eigenvalue weighted by Crippen LogP contribution is -3.00. The molecule has 3 nitrogen and oxygen atoms in total. The molecule has 0 aromatic carbocycles. The lowest BCUT2D eigenvalue weighted by Gasteiger charge is -2.23. The number of hydrogen-bond acceptors (Lipinski definition) is 2. The Bertz CT molecular complexity index is 164. The van der Waals surface area contributed by atoms with E-state index in [9.17, 15) is 9.90 Å². The van der Waals surface area contributed by atoms with E-state index < -0.39 is 11.5 Å². The van der Waals surface area contributed by atoms with Crippen LogP contribution in [0.15, 0.2) is 0 Å². The summed E-state index contributed by atoms with van der Waals surface area (Å²) in [5.74, 6) is -0.983. The van der Waals surface area contributed by atoms with Gasteiger partial charge in [-0.3, -0.25) is 0 Å². The van der Waals surface area contributed by atoms with Gasteiger partial charge in [-0.15, -0.1) is 0 Å². The number of carbonyl (C=O) groups excluding carboxylic acids is 1. The molecule has 0 heterocycles. The Labute approximate surface area is 105 Å². The van der Waals surface area contributed by atoms with Gasteiger partial charge in [0, 0.05) is 0 Å². The molecule has 0 aromatic rings. The minimum absolute atomic E-state index is 0. The minimum atomic E-state index is -0.983. The van der Waals surface area contributed by atoms with E-state index in [1.54, 1.807) is 13.8 Å². The van der Waals surface area contributed by atoms with Crippen molar-refractivity contribution < 1.29 is 40.0 Å². The first-order valence-electron chi connectivity index (χ1n) is 5.06. The maximum absolute atomic E-state index is 10.6. The van der Waals surface area contributed by atoms with Crippen LogP contribution in [-0.4, -0.2) is 18.1 Å². The predicted octanol–water partition coefficient (Wildman–Crippen LogP) is -6.33. The Morgan fingerprint density at radius 3 is 2.13 bits per heavy atom. The van der Waals surface area contributed by atoms with Gasteiger partial charge in [-0.1, -0.05) is 19.8 Å². The van der Waals surface area contributed by atoms with E-state index >= 15 is 0 Å². The van der Waals surface area contributed by atoms with Gasteiger partial charge in [-0.05, 0) is 26.7 Å². The normalized spacial score (nSPS) is 10.1. The van der Waals surface area contributed by atoms with Gasteiger partial charge in [0.25, 0.3) is 0 Å². The van der Waals surface area contributed by atoms with Gasteiger partial charge in [0.05, 0.1) is 6.54 Å². The highest BCUT2D eigenvalue weighted by molar-refractivity contribution is 5.73. The highest BCUT2D eigenvalue weighted by atomic mass is 35.5. The molecular formula is C10H21Cl2NO2-2. The van der Waals surface area contributed by atoms with Crippen LogP contribution in [0.2, 0.25) is 0 Å². The van der Waals surface area contributed by atoms with Gasteiger partial charge in [-0.2, -0.15) is 0 Å². The fourth-order valence-corrected chi connectivity index (χ4v) is 1.12. The van der Waals surface area contributed by atoms with Crippen LogP contribution in [0.25, 0.3) is 0 Å². The number of halogens is 2. The van der Waals surface area contributed by atoms with Gasteiger partial charge in [0.1, 0.15) is 11.5 Å². The van der Waals surface area contributed by atoms with Crippen LogP contribution in [0.4, 0.5) is 0 Å². The number of unbranched alkanes of at least 4 members (excludes halogenated alkanes) is 3. The average molecular weight is 258 g/mol. The van der Waals surface area contributed by atoms with Crippen molar-refractivity contribution in [1.29, 1.82) is 0 Å². The molecule has 0 atom stereocenters. The number of rotatable bonds is 7. The van der Waals surface area contributed by atoms with E-state index in [-0.39, 0.29) is 24.8 Å². The Morgan fingerprint density at radius 1 is 1.20 bits per heavy atom. The molecule has 0 amide bonds. The number of aliphatic carboxylic acids is 1. The monoisotopic (exact) mass is 257 g/mol. The second-order valence-corrected chi connectivity index (χ2v) is 4.06. The summed E-state index contributed by atoms with van der Waals surface area (Å²) in [6.45, 7) is 6.40. The Balaban J connectivity index is -0.000000720. The largest absolute Gasteiger partial charge is 1.00 e. The summed E-state index contributed by atoms with van der Waals surface area (Å²) in [6, 6.07) is 0. The van der Waals surface area contributed by atoms with E-state index in [1.165, 1.54) is 19.3 Å². The number of hydrogen-bond donors (Lipinski definition) is 1. The van der Waals surface area contributed by atoms with Crippen LogP contribution < -0.4 is 35.2 Å². The molecule has 2 N–H and O–H groups in total. The van der Waals surface area contributed by atoms with E-state index in [0.29, 0.717) is 0 Å². The number of carboxylic acid groups (broad SMARTS) is 1. The average Bonchev–Trinajstić information content (AvgIpc) is 2.03. The molecule has 0 spiro atoms. The van der Waals surface area contributed by atoms with Crippen molar-refractivity contribution in [3.63, 3.8) is 0 Å². The van der Waals surface area contributed by atoms with Crippen LogP contribution in [-0.2, 0) is 4.79 Å². The third-order valence-electron chi connectivity index (χ3n) is 2.24. The first-order chi connectivity index (χ1) is 6.00. The molecule has 0 aromatic heterocycles. The van der Waals surface area contributed by atoms with Crippen LogP contribution in [0.5, 0.6) is 0 Å². The topological polar surface area (TPSA) is 56.7 Å². The molecule has 0 saturated heterocycles. The summed E-state index contributed by atoms with van der Waals surface area (Å²) in [4.78, 5) is 10.6. The van der Waals surface area contributed by atoms with Gasteiger partial charge in [0.2, 0.25) is 0 Å². The van der Waals surface area contributed by atoms with E-state index in [1.807, 2.05) is 5.32 Å². The molecule has 0 saturated carbocycles. The van der Waals surface area contributed by atoms with Crippen molar-refractivity contribution in [2.75, 3.05) is 6.54 Å². The molecule has 0 rings (SSSR count). The fourth-order valence-electron chi connectivity index (χ4n) is 1.12. The molecule has 5 heteroatoms. The predicted molar refractivity (Wildman–Crippen MR) is 50.0 cm³/mol. The number of nitrogens with two attached hydrogens (primary N) is 1. The zero-order chi connectivity index (χ0) is 10.3. The van der Waals surface area contributed by atoms with Gasteiger partial charge >= 0.3 is 0 Å². The lowest BCUT2D eigenvalue weighted by molar-refractivity contribution is -0.713. The third kappa shape index (κ3) is 10.3.